The molecule has 5 nitrogen and oxygen atoms in total. The van der Waals surface area contributed by atoms with Crippen molar-refractivity contribution in [1.82, 2.24) is 15.2 Å². The van der Waals surface area contributed by atoms with Crippen LogP contribution in [0, 0.1) is 0 Å². The third-order valence-corrected chi connectivity index (χ3v) is 4.95. The van der Waals surface area contributed by atoms with Crippen molar-refractivity contribution in [2.45, 2.75) is 26.3 Å². The lowest BCUT2D eigenvalue weighted by Crippen LogP contribution is -2.52. The summed E-state index contributed by atoms with van der Waals surface area (Å²) in [6.45, 7) is 7.27. The summed E-state index contributed by atoms with van der Waals surface area (Å²) in [4.78, 5) is 19.1. The molecule has 1 fully saturated rings. The largest absolute Gasteiger partial charge is 0.494 e. The predicted molar refractivity (Wildman–Crippen MR) is 104 cm³/mol. The molecule has 3 rings (SSSR count). The number of piperazine rings is 1. The highest BCUT2D eigenvalue weighted by Crippen LogP contribution is 2.26. The van der Waals surface area contributed by atoms with Gasteiger partial charge in [0.25, 0.3) is 5.91 Å². The second-order valence-corrected chi connectivity index (χ2v) is 6.82. The fraction of sp³-hybridized carbons (Fsp3) is 0.444. The van der Waals surface area contributed by atoms with Gasteiger partial charge in [0.15, 0.2) is 0 Å². The lowest BCUT2D eigenvalue weighted by Gasteiger charge is -2.33. The van der Waals surface area contributed by atoms with E-state index < -0.39 is 0 Å². The Morgan fingerprint density at radius 1 is 1.40 bits per heavy atom. The van der Waals surface area contributed by atoms with Crippen LogP contribution >= 0.6 is 23.7 Å². The number of aromatic nitrogens is 1. The molecule has 1 saturated heterocycles. The van der Waals surface area contributed by atoms with Gasteiger partial charge in [-0.05, 0) is 37.6 Å². The summed E-state index contributed by atoms with van der Waals surface area (Å²) < 4.78 is 5.60. The molecule has 1 aliphatic heterocycles. The van der Waals surface area contributed by atoms with Crippen LogP contribution < -0.4 is 10.1 Å². The number of carbonyl (C=O) groups is 1. The molecule has 136 valence electrons. The summed E-state index contributed by atoms with van der Waals surface area (Å²) in [7, 11) is 0. The maximum absolute atomic E-state index is 12.6. The number of nitrogens with zero attached hydrogens (tertiary/aromatic N) is 2. The van der Waals surface area contributed by atoms with Crippen molar-refractivity contribution < 1.29 is 9.53 Å². The van der Waals surface area contributed by atoms with Crippen LogP contribution in [-0.2, 0) is 0 Å². The number of ether oxygens (including phenoxy) is 1. The van der Waals surface area contributed by atoms with Crippen molar-refractivity contribution in [2.24, 2.45) is 0 Å². The molecule has 1 aliphatic rings. The van der Waals surface area contributed by atoms with Crippen molar-refractivity contribution in [2.75, 3.05) is 26.2 Å². The van der Waals surface area contributed by atoms with Crippen LogP contribution in [0.1, 0.15) is 30.8 Å². The standard InChI is InChI=1S/C18H23N3O2S.ClH/c1-3-10-23-15-6-4-14(5-7-15)17-20-16(12-24-17)18(22)21-9-8-19-11-13(21)2;/h4-7,12-13,19H,3,8-11H2,1-2H3;1H. The molecule has 25 heavy (non-hydrogen) atoms. The normalized spacial score (nSPS) is 17.0. The zero-order valence-corrected chi connectivity index (χ0v) is 16.2. The Morgan fingerprint density at radius 2 is 2.16 bits per heavy atom. The Morgan fingerprint density at radius 3 is 2.84 bits per heavy atom. The second kappa shape index (κ2) is 9.17. The summed E-state index contributed by atoms with van der Waals surface area (Å²) in [5.74, 6) is 0.887. The van der Waals surface area contributed by atoms with E-state index in [1.165, 1.54) is 11.3 Å². The summed E-state index contributed by atoms with van der Waals surface area (Å²) in [6.07, 6.45) is 0.990. The van der Waals surface area contributed by atoms with Crippen LogP contribution in [0.25, 0.3) is 10.6 Å². The van der Waals surface area contributed by atoms with Crippen molar-refractivity contribution in [1.29, 1.82) is 0 Å². The van der Waals surface area contributed by atoms with E-state index in [0.717, 1.165) is 49.0 Å². The maximum atomic E-state index is 12.6. The van der Waals surface area contributed by atoms with Gasteiger partial charge in [-0.15, -0.1) is 23.7 Å². The minimum Gasteiger partial charge on any atom is -0.494 e. The molecule has 1 unspecified atom stereocenters. The number of hydrogen-bond donors (Lipinski definition) is 1. The van der Waals surface area contributed by atoms with Crippen LogP contribution in [0.4, 0.5) is 0 Å². The number of halogens is 1. The highest BCUT2D eigenvalue weighted by Gasteiger charge is 2.25. The molecule has 1 aromatic heterocycles. The molecule has 1 amide bonds. The average Bonchev–Trinajstić information content (AvgIpc) is 3.10. The lowest BCUT2D eigenvalue weighted by atomic mass is 10.2. The van der Waals surface area contributed by atoms with Gasteiger partial charge in [-0.25, -0.2) is 4.98 Å². The van der Waals surface area contributed by atoms with Gasteiger partial charge in [-0.2, -0.15) is 0 Å². The van der Waals surface area contributed by atoms with Crippen molar-refractivity contribution in [3.63, 3.8) is 0 Å². The number of hydrogen-bond acceptors (Lipinski definition) is 5. The summed E-state index contributed by atoms with van der Waals surface area (Å²) in [6, 6.07) is 8.08. The molecule has 1 aromatic carbocycles. The smallest absolute Gasteiger partial charge is 0.273 e. The maximum Gasteiger partial charge on any atom is 0.273 e. The molecule has 1 N–H and O–H groups in total. The summed E-state index contributed by atoms with van der Waals surface area (Å²) in [5, 5.41) is 6.02. The van der Waals surface area contributed by atoms with Crippen LogP contribution in [0.15, 0.2) is 29.6 Å². The number of nitrogens with one attached hydrogen (secondary N) is 1. The number of rotatable bonds is 5. The fourth-order valence-corrected chi connectivity index (χ4v) is 3.51. The Balaban J connectivity index is 0.00000225. The van der Waals surface area contributed by atoms with Gasteiger partial charge < -0.3 is 15.0 Å². The van der Waals surface area contributed by atoms with E-state index in [2.05, 4.69) is 24.1 Å². The number of benzene rings is 1. The molecule has 1 atom stereocenters. The van der Waals surface area contributed by atoms with E-state index in [0.29, 0.717) is 5.69 Å². The first-order chi connectivity index (χ1) is 11.7. The molecule has 0 radical (unpaired) electrons. The average molecular weight is 382 g/mol. The quantitative estimate of drug-likeness (QED) is 0.861. The SMILES string of the molecule is CCCOc1ccc(-c2nc(C(=O)N3CCNCC3C)cs2)cc1.Cl. The topological polar surface area (TPSA) is 54.5 Å². The van der Waals surface area contributed by atoms with Gasteiger partial charge in [0.2, 0.25) is 0 Å². The van der Waals surface area contributed by atoms with E-state index in [9.17, 15) is 4.79 Å². The van der Waals surface area contributed by atoms with E-state index in [1.54, 1.807) is 0 Å². The third kappa shape index (κ3) is 4.71. The summed E-state index contributed by atoms with van der Waals surface area (Å²) >= 11 is 1.50. The third-order valence-electron chi connectivity index (χ3n) is 4.06. The Bertz CT molecular complexity index is 690. The van der Waals surface area contributed by atoms with Gasteiger partial charge in [-0.3, -0.25) is 4.79 Å². The lowest BCUT2D eigenvalue weighted by molar-refractivity contribution is 0.0650. The monoisotopic (exact) mass is 381 g/mol. The fourth-order valence-electron chi connectivity index (χ4n) is 2.71. The number of carbonyl (C=O) groups excluding carboxylic acids is 1. The first-order valence-electron chi connectivity index (χ1n) is 8.39. The van der Waals surface area contributed by atoms with Gasteiger partial charge in [-0.1, -0.05) is 6.92 Å². The molecule has 7 heteroatoms. The molecule has 0 spiro atoms. The Hall–Kier alpha value is -1.63. The van der Waals surface area contributed by atoms with Crippen molar-refractivity contribution in [3.8, 4) is 16.3 Å². The highest BCUT2D eigenvalue weighted by molar-refractivity contribution is 7.13. The Kier molecular flexibility index (Phi) is 7.23. The van der Waals surface area contributed by atoms with Crippen molar-refractivity contribution >= 4 is 29.7 Å². The minimum absolute atomic E-state index is 0. The molecule has 2 aromatic rings. The second-order valence-electron chi connectivity index (χ2n) is 5.96. The molecular weight excluding hydrogens is 358 g/mol. The first-order valence-corrected chi connectivity index (χ1v) is 9.27. The Labute approximate surface area is 158 Å². The summed E-state index contributed by atoms with van der Waals surface area (Å²) in [5.41, 5.74) is 1.55. The van der Waals surface area contributed by atoms with Gasteiger partial charge in [0.05, 0.1) is 6.61 Å². The van der Waals surface area contributed by atoms with Gasteiger partial charge >= 0.3 is 0 Å². The van der Waals surface area contributed by atoms with Crippen molar-refractivity contribution in [3.05, 3.63) is 35.3 Å². The van der Waals surface area contributed by atoms with Gasteiger partial charge in [0, 0.05) is 36.6 Å². The van der Waals surface area contributed by atoms with E-state index >= 15 is 0 Å². The minimum atomic E-state index is 0. The molecule has 0 saturated carbocycles. The number of thiazole rings is 1. The molecular formula is C18H24ClN3O2S. The zero-order chi connectivity index (χ0) is 16.9. The van der Waals surface area contributed by atoms with Crippen LogP contribution in [0.5, 0.6) is 5.75 Å². The highest BCUT2D eigenvalue weighted by atomic mass is 35.5. The zero-order valence-electron chi connectivity index (χ0n) is 14.5. The molecule has 0 aliphatic carbocycles. The number of amides is 1. The van der Waals surface area contributed by atoms with Crippen LogP contribution in [0.3, 0.4) is 0 Å². The van der Waals surface area contributed by atoms with E-state index in [-0.39, 0.29) is 24.4 Å². The first kappa shape index (κ1) is 19.7. The predicted octanol–water partition coefficient (Wildman–Crippen LogP) is 3.45. The van der Waals surface area contributed by atoms with E-state index in [4.69, 9.17) is 4.74 Å². The van der Waals surface area contributed by atoms with E-state index in [1.807, 2.05) is 34.5 Å². The van der Waals surface area contributed by atoms with Crippen LogP contribution in [-0.4, -0.2) is 48.1 Å². The molecule has 2 heterocycles. The molecule has 0 bridgehead atoms. The van der Waals surface area contributed by atoms with Gasteiger partial charge in [0.1, 0.15) is 16.5 Å². The van der Waals surface area contributed by atoms with Crippen LogP contribution in [0.2, 0.25) is 0 Å².